The van der Waals surface area contributed by atoms with E-state index in [1.54, 1.807) is 4.57 Å². The van der Waals surface area contributed by atoms with E-state index in [0.717, 1.165) is 62.9 Å². The van der Waals surface area contributed by atoms with Gasteiger partial charge >= 0.3 is 12.4 Å². The highest BCUT2D eigenvalue weighted by molar-refractivity contribution is 6.11. The molecule has 5 nitrogen and oxygen atoms in total. The number of aromatic nitrogens is 5. The molecule has 0 radical (unpaired) electrons. The first-order valence-electron chi connectivity index (χ1n) is 20.3. The molecule has 310 valence electrons. The highest BCUT2D eigenvalue weighted by atomic mass is 19.4. The lowest BCUT2D eigenvalue weighted by Gasteiger charge is -2.18. The summed E-state index contributed by atoms with van der Waals surface area (Å²) >= 11 is 0. The van der Waals surface area contributed by atoms with Crippen molar-refractivity contribution in [1.29, 1.82) is 0 Å². The van der Waals surface area contributed by atoms with E-state index in [1.807, 2.05) is 121 Å². The molecule has 64 heavy (non-hydrogen) atoms. The molecule has 0 N–H and O–H groups in total. The van der Waals surface area contributed by atoms with E-state index in [0.29, 0.717) is 34.0 Å². The third-order valence-electron chi connectivity index (χ3n) is 11.6. The number of rotatable bonds is 6. The Bertz CT molecular complexity index is 3410. The molecule has 0 aliphatic heterocycles. The van der Waals surface area contributed by atoms with Crippen LogP contribution in [0.3, 0.4) is 0 Å². The average Bonchev–Trinajstić information content (AvgIpc) is 3.83. The van der Waals surface area contributed by atoms with Crippen molar-refractivity contribution in [2.45, 2.75) is 12.4 Å². The summed E-state index contributed by atoms with van der Waals surface area (Å²) in [7, 11) is 0. The average molecular weight is 852 g/mol. The number of halogens is 6. The zero-order valence-corrected chi connectivity index (χ0v) is 33.4. The maximum Gasteiger partial charge on any atom is 0.416 e. The SMILES string of the molecule is FC(F)(F)c1ccc2c(c1)c1cc(C(F)(F)F)ccc1n2-c1ccc(-c2ccccc2-n2c3ccccc3c3ccccc32)cc1-c1nc(-c2ccccc2)nc(-c2ccccc2)n1. The molecular formula is C53H31F6N5. The van der Waals surface area contributed by atoms with E-state index in [-0.39, 0.29) is 27.6 Å². The maximum absolute atomic E-state index is 14.3. The highest BCUT2D eigenvalue weighted by Gasteiger charge is 2.34. The molecule has 0 saturated heterocycles. The van der Waals surface area contributed by atoms with Gasteiger partial charge < -0.3 is 9.13 Å². The Balaban J connectivity index is 1.23. The lowest BCUT2D eigenvalue weighted by Crippen LogP contribution is -2.06. The van der Waals surface area contributed by atoms with E-state index in [9.17, 15) is 26.3 Å². The summed E-state index contributed by atoms with van der Waals surface area (Å²) in [5.41, 5.74) is 5.42. The van der Waals surface area contributed by atoms with Crippen molar-refractivity contribution in [2.24, 2.45) is 0 Å². The van der Waals surface area contributed by atoms with Gasteiger partial charge in [-0.2, -0.15) is 26.3 Å². The molecule has 3 aromatic heterocycles. The zero-order chi connectivity index (χ0) is 43.7. The van der Waals surface area contributed by atoms with Crippen molar-refractivity contribution in [3.05, 3.63) is 199 Å². The van der Waals surface area contributed by atoms with Crippen molar-refractivity contribution in [3.63, 3.8) is 0 Å². The van der Waals surface area contributed by atoms with E-state index in [4.69, 9.17) is 15.0 Å². The molecular weight excluding hydrogens is 821 g/mol. The molecule has 3 heterocycles. The highest BCUT2D eigenvalue weighted by Crippen LogP contribution is 2.43. The second-order valence-corrected chi connectivity index (χ2v) is 15.5. The van der Waals surface area contributed by atoms with Crippen LogP contribution in [0.15, 0.2) is 188 Å². The van der Waals surface area contributed by atoms with Crippen molar-refractivity contribution in [3.8, 4) is 56.7 Å². The van der Waals surface area contributed by atoms with Gasteiger partial charge in [0.05, 0.1) is 44.6 Å². The molecule has 0 aliphatic carbocycles. The zero-order valence-electron chi connectivity index (χ0n) is 33.4. The number of para-hydroxylation sites is 3. The molecule has 0 atom stereocenters. The van der Waals surface area contributed by atoms with Crippen LogP contribution in [0.1, 0.15) is 11.1 Å². The fraction of sp³-hybridized carbons (Fsp3) is 0.0377. The minimum atomic E-state index is -4.74. The number of hydrogen-bond acceptors (Lipinski definition) is 3. The first kappa shape index (κ1) is 38.8. The van der Waals surface area contributed by atoms with Crippen LogP contribution in [0.25, 0.3) is 100 Å². The van der Waals surface area contributed by atoms with E-state index >= 15 is 0 Å². The first-order valence-corrected chi connectivity index (χ1v) is 20.3. The smallest absolute Gasteiger partial charge is 0.309 e. The van der Waals surface area contributed by atoms with Gasteiger partial charge in [0.25, 0.3) is 0 Å². The second kappa shape index (κ2) is 14.8. The van der Waals surface area contributed by atoms with E-state index in [1.165, 1.54) is 12.1 Å². The van der Waals surface area contributed by atoms with Crippen LogP contribution in [-0.4, -0.2) is 24.1 Å². The predicted octanol–water partition coefficient (Wildman–Crippen LogP) is 14.8. The monoisotopic (exact) mass is 851 g/mol. The number of fused-ring (bicyclic) bond motifs is 6. The molecule has 0 bridgehead atoms. The van der Waals surface area contributed by atoms with Gasteiger partial charge in [0.2, 0.25) is 0 Å². The third kappa shape index (κ3) is 6.55. The second-order valence-electron chi connectivity index (χ2n) is 15.5. The Hall–Kier alpha value is -8.05. The van der Waals surface area contributed by atoms with Gasteiger partial charge in [0.1, 0.15) is 0 Å². The first-order chi connectivity index (χ1) is 31.0. The molecule has 0 spiro atoms. The Kier molecular flexibility index (Phi) is 8.98. The standard InChI is InChI=1S/C53H31F6N5/c54-52(55,56)35-24-27-46-40(30-35)41-31-36(53(57,58)59)25-28-47(41)64(46)48-26-23-34(37-17-7-10-20-43(37)63-44-21-11-8-18-38(44)39-19-9-12-22-45(39)63)29-42(48)51-61-49(32-13-3-1-4-14-32)60-50(62-51)33-15-5-2-6-16-33/h1-31H. The van der Waals surface area contributed by atoms with Crippen LogP contribution in [0, 0.1) is 0 Å². The summed E-state index contributed by atoms with van der Waals surface area (Å²) in [6.07, 6.45) is -9.49. The lowest BCUT2D eigenvalue weighted by atomic mass is 9.99. The molecule has 0 aliphatic rings. The van der Waals surface area contributed by atoms with Gasteiger partial charge in [-0.1, -0.05) is 121 Å². The number of alkyl halides is 6. The number of hydrogen-bond donors (Lipinski definition) is 0. The molecule has 0 fully saturated rings. The molecule has 0 amide bonds. The minimum Gasteiger partial charge on any atom is -0.309 e. The summed E-state index contributed by atoms with van der Waals surface area (Å²) in [6.45, 7) is 0. The molecule has 11 aromatic rings. The van der Waals surface area contributed by atoms with Crippen LogP contribution in [0.4, 0.5) is 26.3 Å². The molecule has 0 saturated carbocycles. The molecule has 0 unspecified atom stereocenters. The summed E-state index contributed by atoms with van der Waals surface area (Å²) < 4.78 is 89.5. The number of benzene rings is 8. The fourth-order valence-corrected chi connectivity index (χ4v) is 8.74. The van der Waals surface area contributed by atoms with Gasteiger partial charge in [-0.3, -0.25) is 0 Å². The molecule has 11 rings (SSSR count). The summed E-state index contributed by atoms with van der Waals surface area (Å²) in [5.74, 6) is 0.990. The fourth-order valence-electron chi connectivity index (χ4n) is 8.74. The van der Waals surface area contributed by atoms with Crippen LogP contribution in [0.5, 0.6) is 0 Å². The van der Waals surface area contributed by atoms with Crippen LogP contribution in [-0.2, 0) is 12.4 Å². The van der Waals surface area contributed by atoms with Crippen LogP contribution < -0.4 is 0 Å². The Morgan fingerprint density at radius 1 is 0.312 bits per heavy atom. The van der Waals surface area contributed by atoms with Crippen molar-refractivity contribution in [1.82, 2.24) is 24.1 Å². The Morgan fingerprint density at radius 3 is 1.25 bits per heavy atom. The summed E-state index contributed by atoms with van der Waals surface area (Å²) in [6, 6.07) is 55.2. The van der Waals surface area contributed by atoms with Gasteiger partial charge in [-0.15, -0.1) is 0 Å². The summed E-state index contributed by atoms with van der Waals surface area (Å²) in [5, 5.41) is 2.19. The van der Waals surface area contributed by atoms with Gasteiger partial charge in [0.15, 0.2) is 17.5 Å². The Morgan fingerprint density at radius 2 is 0.734 bits per heavy atom. The lowest BCUT2D eigenvalue weighted by molar-refractivity contribution is -0.138. The van der Waals surface area contributed by atoms with Crippen molar-refractivity contribution < 1.29 is 26.3 Å². The predicted molar refractivity (Wildman–Crippen MR) is 240 cm³/mol. The van der Waals surface area contributed by atoms with Gasteiger partial charge in [-0.05, 0) is 72.3 Å². The molecule has 11 heteroatoms. The van der Waals surface area contributed by atoms with Gasteiger partial charge in [-0.25, -0.2) is 15.0 Å². The van der Waals surface area contributed by atoms with Crippen LogP contribution in [0.2, 0.25) is 0 Å². The van der Waals surface area contributed by atoms with Crippen molar-refractivity contribution in [2.75, 3.05) is 0 Å². The molecule has 8 aromatic carbocycles. The van der Waals surface area contributed by atoms with Gasteiger partial charge in [0, 0.05) is 43.8 Å². The largest absolute Gasteiger partial charge is 0.416 e. The quantitative estimate of drug-likeness (QED) is 0.157. The topological polar surface area (TPSA) is 48.5 Å². The van der Waals surface area contributed by atoms with E-state index in [2.05, 4.69) is 34.9 Å². The maximum atomic E-state index is 14.3. The Labute approximate surface area is 361 Å². The normalized spacial score (nSPS) is 12.2. The van der Waals surface area contributed by atoms with E-state index < -0.39 is 23.5 Å². The third-order valence-corrected chi connectivity index (χ3v) is 11.6. The minimum absolute atomic E-state index is 0.00765. The van der Waals surface area contributed by atoms with Crippen LogP contribution >= 0.6 is 0 Å². The van der Waals surface area contributed by atoms with Crippen molar-refractivity contribution >= 4 is 43.6 Å². The summed E-state index contributed by atoms with van der Waals surface area (Å²) in [4.78, 5) is 15.0. The number of nitrogens with zero attached hydrogens (tertiary/aromatic N) is 5.